The minimum Gasteiger partial charge on any atom is -0.364 e. The molecule has 1 aromatic rings. The Bertz CT molecular complexity index is 405. The van der Waals surface area contributed by atoms with E-state index in [0.29, 0.717) is 5.56 Å². The molecular formula is C14H20O2. The van der Waals surface area contributed by atoms with E-state index in [1.807, 2.05) is 13.0 Å². The van der Waals surface area contributed by atoms with E-state index in [1.54, 1.807) is 0 Å². The van der Waals surface area contributed by atoms with Gasteiger partial charge in [0.25, 0.3) is 0 Å². The predicted molar refractivity (Wildman–Crippen MR) is 64.3 cm³/mol. The maximum Gasteiger partial charge on any atom is 0.178 e. The summed E-state index contributed by atoms with van der Waals surface area (Å²) in [5, 5.41) is 18.7. The minimum absolute atomic E-state index is 0.155. The van der Waals surface area contributed by atoms with E-state index in [1.165, 1.54) is 24.0 Å². The normalized spacial score (nSPS) is 18.6. The lowest BCUT2D eigenvalue weighted by molar-refractivity contribution is -0.0430. The van der Waals surface area contributed by atoms with Crippen molar-refractivity contribution < 1.29 is 10.2 Å². The van der Waals surface area contributed by atoms with Crippen LogP contribution in [0.1, 0.15) is 55.2 Å². The molecular weight excluding hydrogens is 200 g/mol. The summed E-state index contributed by atoms with van der Waals surface area (Å²) >= 11 is 0. The van der Waals surface area contributed by atoms with Crippen molar-refractivity contribution in [1.82, 2.24) is 0 Å². The summed E-state index contributed by atoms with van der Waals surface area (Å²) in [5.74, 6) is 0. The largest absolute Gasteiger partial charge is 0.364 e. The maximum absolute atomic E-state index is 9.33. The Morgan fingerprint density at radius 1 is 1.25 bits per heavy atom. The van der Waals surface area contributed by atoms with E-state index < -0.39 is 6.29 Å². The van der Waals surface area contributed by atoms with E-state index in [4.69, 9.17) is 0 Å². The number of rotatable bonds is 1. The molecule has 16 heavy (non-hydrogen) atoms. The van der Waals surface area contributed by atoms with Gasteiger partial charge < -0.3 is 10.2 Å². The highest BCUT2D eigenvalue weighted by atomic mass is 16.5. The van der Waals surface area contributed by atoms with Crippen molar-refractivity contribution >= 4 is 0 Å². The summed E-state index contributed by atoms with van der Waals surface area (Å²) in [7, 11) is 0. The van der Waals surface area contributed by atoms with Crippen LogP contribution in [0.3, 0.4) is 0 Å². The van der Waals surface area contributed by atoms with Crippen molar-refractivity contribution in [2.24, 2.45) is 0 Å². The molecule has 1 aliphatic rings. The predicted octanol–water partition coefficient (Wildman–Crippen LogP) is 2.59. The fraction of sp³-hybridized carbons (Fsp3) is 0.571. The van der Waals surface area contributed by atoms with Crippen molar-refractivity contribution in [2.75, 3.05) is 0 Å². The zero-order valence-corrected chi connectivity index (χ0v) is 10.2. The van der Waals surface area contributed by atoms with Crippen molar-refractivity contribution in [3.63, 3.8) is 0 Å². The van der Waals surface area contributed by atoms with Crippen LogP contribution in [-0.4, -0.2) is 10.2 Å². The summed E-state index contributed by atoms with van der Waals surface area (Å²) < 4.78 is 0. The van der Waals surface area contributed by atoms with Crippen LogP contribution in [0.2, 0.25) is 0 Å². The molecule has 0 saturated heterocycles. The Morgan fingerprint density at radius 3 is 2.56 bits per heavy atom. The van der Waals surface area contributed by atoms with Crippen molar-refractivity contribution in [3.8, 4) is 0 Å². The maximum atomic E-state index is 9.33. The molecule has 1 aromatic carbocycles. The summed E-state index contributed by atoms with van der Waals surface area (Å²) in [6.45, 7) is 6.48. The van der Waals surface area contributed by atoms with E-state index in [9.17, 15) is 10.2 Å². The van der Waals surface area contributed by atoms with Gasteiger partial charge in [-0.2, -0.15) is 0 Å². The number of hydrogen-bond acceptors (Lipinski definition) is 2. The van der Waals surface area contributed by atoms with Gasteiger partial charge in [0, 0.05) is 5.56 Å². The third kappa shape index (κ3) is 1.76. The molecule has 0 aromatic heterocycles. The fourth-order valence-corrected chi connectivity index (χ4v) is 3.06. The van der Waals surface area contributed by atoms with E-state index in [2.05, 4.69) is 19.9 Å². The van der Waals surface area contributed by atoms with Gasteiger partial charge in [-0.3, -0.25) is 0 Å². The number of hydrogen-bond donors (Lipinski definition) is 2. The van der Waals surface area contributed by atoms with Crippen molar-refractivity contribution in [2.45, 2.75) is 51.7 Å². The molecule has 0 saturated carbocycles. The van der Waals surface area contributed by atoms with Crippen LogP contribution in [0.4, 0.5) is 0 Å². The standard InChI is InChI=1S/C14H20O2/c1-9-11(13(15)16)7-6-10-5-4-8-14(2,3)12(9)10/h6-7,13,15-16H,4-5,8H2,1-3H3. The summed E-state index contributed by atoms with van der Waals surface area (Å²) in [6.07, 6.45) is 2.15. The number of aryl methyl sites for hydroxylation is 1. The van der Waals surface area contributed by atoms with Gasteiger partial charge in [0.15, 0.2) is 6.29 Å². The highest BCUT2D eigenvalue weighted by Crippen LogP contribution is 2.40. The number of benzene rings is 1. The molecule has 0 unspecified atom stereocenters. The Labute approximate surface area is 96.9 Å². The first-order chi connectivity index (χ1) is 7.43. The molecule has 0 aliphatic heterocycles. The smallest absolute Gasteiger partial charge is 0.178 e. The summed E-state index contributed by atoms with van der Waals surface area (Å²) in [4.78, 5) is 0. The topological polar surface area (TPSA) is 40.5 Å². The SMILES string of the molecule is Cc1c(C(O)O)ccc2c1C(C)(C)CCC2. The summed E-state index contributed by atoms with van der Waals surface area (Å²) in [6, 6.07) is 3.90. The molecule has 0 spiro atoms. The lowest BCUT2D eigenvalue weighted by atomic mass is 9.70. The Kier molecular flexibility index (Phi) is 2.81. The van der Waals surface area contributed by atoms with Gasteiger partial charge >= 0.3 is 0 Å². The first-order valence-corrected chi connectivity index (χ1v) is 5.92. The zero-order valence-electron chi connectivity index (χ0n) is 10.2. The van der Waals surface area contributed by atoms with Crippen molar-refractivity contribution in [3.05, 3.63) is 34.4 Å². The van der Waals surface area contributed by atoms with Gasteiger partial charge in [0.1, 0.15) is 0 Å². The molecule has 0 bridgehead atoms. The van der Waals surface area contributed by atoms with E-state index >= 15 is 0 Å². The number of aliphatic hydroxyl groups is 2. The molecule has 2 N–H and O–H groups in total. The van der Waals surface area contributed by atoms with Crippen LogP contribution < -0.4 is 0 Å². The summed E-state index contributed by atoms with van der Waals surface area (Å²) in [5.41, 5.74) is 4.55. The van der Waals surface area contributed by atoms with E-state index in [0.717, 1.165) is 12.0 Å². The second-order valence-corrected chi connectivity index (χ2v) is 5.43. The first-order valence-electron chi connectivity index (χ1n) is 5.92. The van der Waals surface area contributed by atoms with Crippen molar-refractivity contribution in [1.29, 1.82) is 0 Å². The third-order valence-electron chi connectivity index (χ3n) is 3.80. The quantitative estimate of drug-likeness (QED) is 0.714. The molecule has 88 valence electrons. The average Bonchev–Trinajstić information content (AvgIpc) is 2.15. The molecule has 0 amide bonds. The fourth-order valence-electron chi connectivity index (χ4n) is 3.06. The molecule has 0 atom stereocenters. The average molecular weight is 220 g/mol. The van der Waals surface area contributed by atoms with Crippen LogP contribution in [0.5, 0.6) is 0 Å². The highest BCUT2D eigenvalue weighted by Gasteiger charge is 2.30. The molecule has 0 radical (unpaired) electrons. The Hall–Kier alpha value is -0.860. The molecule has 2 heteroatoms. The van der Waals surface area contributed by atoms with Gasteiger partial charge in [-0.05, 0) is 48.3 Å². The van der Waals surface area contributed by atoms with Crippen LogP contribution in [0.25, 0.3) is 0 Å². The minimum atomic E-state index is -1.36. The molecule has 2 nitrogen and oxygen atoms in total. The second kappa shape index (κ2) is 3.86. The number of aliphatic hydroxyl groups excluding tert-OH is 1. The van der Waals surface area contributed by atoms with Crippen LogP contribution in [0, 0.1) is 6.92 Å². The molecule has 0 fully saturated rings. The lowest BCUT2D eigenvalue weighted by Gasteiger charge is -2.35. The number of fused-ring (bicyclic) bond motifs is 1. The van der Waals surface area contributed by atoms with Crippen LogP contribution >= 0.6 is 0 Å². The third-order valence-corrected chi connectivity index (χ3v) is 3.80. The van der Waals surface area contributed by atoms with Gasteiger partial charge in [-0.15, -0.1) is 0 Å². The van der Waals surface area contributed by atoms with E-state index in [-0.39, 0.29) is 5.41 Å². The second-order valence-electron chi connectivity index (χ2n) is 5.43. The molecule has 2 rings (SSSR count). The van der Waals surface area contributed by atoms with Gasteiger partial charge in [-0.1, -0.05) is 26.0 Å². The monoisotopic (exact) mass is 220 g/mol. The first kappa shape index (κ1) is 11.6. The zero-order chi connectivity index (χ0) is 11.9. The van der Waals surface area contributed by atoms with Gasteiger partial charge in [0.05, 0.1) is 0 Å². The molecule has 0 heterocycles. The van der Waals surface area contributed by atoms with Crippen LogP contribution in [-0.2, 0) is 11.8 Å². The van der Waals surface area contributed by atoms with Crippen LogP contribution in [0.15, 0.2) is 12.1 Å². The highest BCUT2D eigenvalue weighted by molar-refractivity contribution is 5.46. The Balaban J connectivity index is 2.62. The lowest BCUT2D eigenvalue weighted by Crippen LogP contribution is -2.26. The van der Waals surface area contributed by atoms with Gasteiger partial charge in [-0.25, -0.2) is 0 Å². The Morgan fingerprint density at radius 2 is 1.94 bits per heavy atom. The molecule has 1 aliphatic carbocycles. The van der Waals surface area contributed by atoms with Gasteiger partial charge in [0.2, 0.25) is 0 Å².